The number of carbonyl (C=O) groups excluding carboxylic acids is 2. The minimum Gasteiger partial charge on any atom is -0.467 e. The lowest BCUT2D eigenvalue weighted by Gasteiger charge is -2.33. The van der Waals surface area contributed by atoms with Gasteiger partial charge in [-0.05, 0) is 62.5 Å². The molecule has 1 saturated heterocycles. The highest BCUT2D eigenvalue weighted by Crippen LogP contribution is 2.42. The van der Waals surface area contributed by atoms with E-state index in [1.54, 1.807) is 11.3 Å². The van der Waals surface area contributed by atoms with E-state index in [1.807, 2.05) is 4.90 Å². The third kappa shape index (κ3) is 2.67. The fourth-order valence-electron chi connectivity index (χ4n) is 4.82. The molecular weight excluding hydrogens is 322 g/mol. The second-order valence-corrected chi connectivity index (χ2v) is 8.50. The predicted molar refractivity (Wildman–Crippen MR) is 93.3 cm³/mol. The van der Waals surface area contributed by atoms with Crippen LogP contribution in [0.25, 0.3) is 0 Å². The van der Waals surface area contributed by atoms with Crippen LogP contribution in [0.4, 0.5) is 0 Å². The molecule has 2 aliphatic carbocycles. The highest BCUT2D eigenvalue weighted by Gasteiger charge is 2.48. The zero-order chi connectivity index (χ0) is 16.7. The fraction of sp³-hybridized carbons (Fsp3) is 0.684. The van der Waals surface area contributed by atoms with Crippen molar-refractivity contribution in [1.29, 1.82) is 0 Å². The molecule has 24 heavy (non-hydrogen) atoms. The van der Waals surface area contributed by atoms with Crippen LogP contribution >= 0.6 is 11.3 Å². The van der Waals surface area contributed by atoms with Crippen LogP contribution in [0.1, 0.15) is 65.1 Å². The molecule has 1 aromatic heterocycles. The van der Waals surface area contributed by atoms with Gasteiger partial charge in [-0.1, -0.05) is 12.8 Å². The van der Waals surface area contributed by atoms with Crippen LogP contribution in [0.3, 0.4) is 0 Å². The number of carbonyl (C=O) groups is 2. The first-order chi connectivity index (χ1) is 11.7. The SMILES string of the molecule is COC(=O)[C@@H]1C[C@@H]2CCCC[C@H]2N1C(=O)c1cc2c(s1)CCCC2. The number of methoxy groups -OCH3 is 1. The summed E-state index contributed by atoms with van der Waals surface area (Å²) >= 11 is 1.65. The van der Waals surface area contributed by atoms with E-state index >= 15 is 0 Å². The van der Waals surface area contributed by atoms with Gasteiger partial charge in [-0.15, -0.1) is 11.3 Å². The summed E-state index contributed by atoms with van der Waals surface area (Å²) in [6, 6.07) is 1.91. The molecular formula is C19H25NO3S. The Labute approximate surface area is 147 Å². The summed E-state index contributed by atoms with van der Waals surface area (Å²) in [5.41, 5.74) is 1.35. The summed E-state index contributed by atoms with van der Waals surface area (Å²) in [6.45, 7) is 0. The molecule has 5 heteroatoms. The van der Waals surface area contributed by atoms with E-state index in [9.17, 15) is 9.59 Å². The summed E-state index contributed by atoms with van der Waals surface area (Å²) in [6.07, 6.45) is 9.92. The Bertz CT molecular complexity index is 630. The molecule has 1 amide bonds. The molecule has 0 unspecified atom stereocenters. The number of esters is 1. The summed E-state index contributed by atoms with van der Waals surface area (Å²) in [4.78, 5) is 29.6. The summed E-state index contributed by atoms with van der Waals surface area (Å²) < 4.78 is 5.01. The topological polar surface area (TPSA) is 46.6 Å². The number of amides is 1. The van der Waals surface area contributed by atoms with Gasteiger partial charge in [-0.25, -0.2) is 4.79 Å². The highest BCUT2D eigenvalue weighted by molar-refractivity contribution is 7.14. The molecule has 4 rings (SSSR count). The Morgan fingerprint density at radius 1 is 1.17 bits per heavy atom. The van der Waals surface area contributed by atoms with E-state index in [0.717, 1.165) is 43.4 Å². The lowest BCUT2D eigenvalue weighted by atomic mass is 9.84. The second-order valence-electron chi connectivity index (χ2n) is 7.37. The number of thiophene rings is 1. The monoisotopic (exact) mass is 347 g/mol. The highest BCUT2D eigenvalue weighted by atomic mass is 32.1. The quantitative estimate of drug-likeness (QED) is 0.768. The molecule has 1 aliphatic heterocycles. The molecule has 3 aliphatic rings. The van der Waals surface area contributed by atoms with Crippen molar-refractivity contribution >= 4 is 23.2 Å². The van der Waals surface area contributed by atoms with Crippen LogP contribution < -0.4 is 0 Å². The lowest BCUT2D eigenvalue weighted by Crippen LogP contribution is -2.46. The Morgan fingerprint density at radius 3 is 2.75 bits per heavy atom. The van der Waals surface area contributed by atoms with Crippen molar-refractivity contribution in [2.24, 2.45) is 5.92 Å². The van der Waals surface area contributed by atoms with Gasteiger partial charge in [0.2, 0.25) is 0 Å². The van der Waals surface area contributed by atoms with Gasteiger partial charge in [-0.3, -0.25) is 4.79 Å². The Morgan fingerprint density at radius 2 is 1.96 bits per heavy atom. The minimum absolute atomic E-state index is 0.0548. The zero-order valence-corrected chi connectivity index (χ0v) is 15.1. The second kappa shape index (κ2) is 6.51. The third-order valence-corrected chi connectivity index (χ3v) is 7.23. The Hall–Kier alpha value is -1.36. The summed E-state index contributed by atoms with van der Waals surface area (Å²) in [7, 11) is 1.43. The van der Waals surface area contributed by atoms with Gasteiger partial charge in [0.05, 0.1) is 12.0 Å². The number of aryl methyl sites for hydroxylation is 2. The maximum Gasteiger partial charge on any atom is 0.328 e. The molecule has 0 spiro atoms. The van der Waals surface area contributed by atoms with Crippen molar-refractivity contribution in [2.45, 2.75) is 69.9 Å². The number of likely N-dealkylation sites (tertiary alicyclic amines) is 1. The molecule has 3 atom stereocenters. The van der Waals surface area contributed by atoms with E-state index in [-0.39, 0.29) is 17.9 Å². The van der Waals surface area contributed by atoms with E-state index in [4.69, 9.17) is 4.74 Å². The fourth-order valence-corrected chi connectivity index (χ4v) is 6.02. The molecule has 2 fully saturated rings. The first-order valence-electron chi connectivity index (χ1n) is 9.21. The van der Waals surface area contributed by atoms with Gasteiger partial charge in [0.25, 0.3) is 5.91 Å². The number of ether oxygens (including phenoxy) is 1. The smallest absolute Gasteiger partial charge is 0.328 e. The molecule has 4 nitrogen and oxygen atoms in total. The van der Waals surface area contributed by atoms with Gasteiger partial charge in [0.1, 0.15) is 6.04 Å². The van der Waals surface area contributed by atoms with Gasteiger partial charge < -0.3 is 9.64 Å². The predicted octanol–water partition coefficient (Wildman–Crippen LogP) is 3.57. The third-order valence-electron chi connectivity index (χ3n) is 6.00. The number of hydrogen-bond acceptors (Lipinski definition) is 4. The first-order valence-corrected chi connectivity index (χ1v) is 10.0. The zero-order valence-electron chi connectivity index (χ0n) is 14.3. The van der Waals surface area contributed by atoms with E-state index in [2.05, 4.69) is 6.07 Å². The molecule has 0 N–H and O–H groups in total. The lowest BCUT2D eigenvalue weighted by molar-refractivity contribution is -0.145. The average molecular weight is 347 g/mol. The van der Waals surface area contributed by atoms with Gasteiger partial charge in [0.15, 0.2) is 0 Å². The summed E-state index contributed by atoms with van der Waals surface area (Å²) in [5, 5.41) is 0. The maximum atomic E-state index is 13.3. The van der Waals surface area contributed by atoms with Crippen LogP contribution in [0, 0.1) is 5.92 Å². The number of rotatable bonds is 2. The van der Waals surface area contributed by atoms with Crippen LogP contribution in [0.5, 0.6) is 0 Å². The van der Waals surface area contributed by atoms with E-state index in [1.165, 1.54) is 36.8 Å². The van der Waals surface area contributed by atoms with E-state index in [0.29, 0.717) is 5.92 Å². The van der Waals surface area contributed by atoms with Crippen LogP contribution in [0.2, 0.25) is 0 Å². The van der Waals surface area contributed by atoms with Gasteiger partial charge >= 0.3 is 5.97 Å². The van der Waals surface area contributed by atoms with Crippen molar-refractivity contribution in [3.05, 3.63) is 21.4 Å². The molecule has 1 saturated carbocycles. The van der Waals surface area contributed by atoms with Gasteiger partial charge in [0, 0.05) is 10.9 Å². The molecule has 0 aromatic carbocycles. The Balaban J connectivity index is 1.64. The molecule has 0 bridgehead atoms. The number of fused-ring (bicyclic) bond motifs is 2. The van der Waals surface area contributed by atoms with Crippen molar-refractivity contribution in [1.82, 2.24) is 4.90 Å². The number of nitrogens with zero attached hydrogens (tertiary/aromatic N) is 1. The van der Waals surface area contributed by atoms with Crippen molar-refractivity contribution < 1.29 is 14.3 Å². The van der Waals surface area contributed by atoms with Crippen LogP contribution in [-0.2, 0) is 22.4 Å². The largest absolute Gasteiger partial charge is 0.467 e. The van der Waals surface area contributed by atoms with Crippen molar-refractivity contribution in [3.8, 4) is 0 Å². The van der Waals surface area contributed by atoms with Crippen LogP contribution in [-0.4, -0.2) is 36.0 Å². The van der Waals surface area contributed by atoms with Crippen molar-refractivity contribution in [3.63, 3.8) is 0 Å². The molecule has 0 radical (unpaired) electrons. The first kappa shape index (κ1) is 16.1. The normalized spacial score (nSPS) is 29.0. The number of hydrogen-bond donors (Lipinski definition) is 0. The minimum atomic E-state index is -0.394. The van der Waals surface area contributed by atoms with Gasteiger partial charge in [-0.2, -0.15) is 0 Å². The maximum absolute atomic E-state index is 13.3. The van der Waals surface area contributed by atoms with Crippen molar-refractivity contribution in [2.75, 3.05) is 7.11 Å². The molecule has 1 aromatic rings. The molecule has 2 heterocycles. The molecule has 130 valence electrons. The average Bonchev–Trinajstić information content (AvgIpc) is 3.21. The Kier molecular flexibility index (Phi) is 4.37. The standard InChI is InChI=1S/C19H25NO3S/c1-23-19(22)15-10-12-6-2-4-8-14(12)20(15)18(21)17-11-13-7-3-5-9-16(13)24-17/h11-12,14-15H,2-10H2,1H3/t12-,14+,15-/m0/s1. The van der Waals surface area contributed by atoms with Crippen LogP contribution in [0.15, 0.2) is 6.07 Å². The van der Waals surface area contributed by atoms with E-state index < -0.39 is 6.04 Å². The summed E-state index contributed by atoms with van der Waals surface area (Å²) in [5.74, 6) is 0.264.